The minimum atomic E-state index is -4.60. The van der Waals surface area contributed by atoms with E-state index in [1.54, 1.807) is 25.1 Å². The van der Waals surface area contributed by atoms with Crippen LogP contribution in [-0.4, -0.2) is 33.7 Å². The summed E-state index contributed by atoms with van der Waals surface area (Å²) in [6.45, 7) is 1.02. The molecule has 1 aromatic rings. The van der Waals surface area contributed by atoms with Crippen molar-refractivity contribution < 1.29 is 25.6 Å². The van der Waals surface area contributed by atoms with Gasteiger partial charge in [-0.05, 0) is 18.6 Å². The van der Waals surface area contributed by atoms with Crippen molar-refractivity contribution in [3.8, 4) is 0 Å². The summed E-state index contributed by atoms with van der Waals surface area (Å²) >= 11 is 0. The highest BCUT2D eigenvalue weighted by molar-refractivity contribution is 7.91. The third-order valence-electron chi connectivity index (χ3n) is 2.01. The van der Waals surface area contributed by atoms with Crippen LogP contribution in [-0.2, 0) is 24.4 Å². The lowest BCUT2D eigenvalue weighted by Gasteiger charge is -2.06. The van der Waals surface area contributed by atoms with E-state index in [-0.39, 0.29) is 4.90 Å². The highest BCUT2D eigenvalue weighted by Gasteiger charge is 2.17. The fraction of sp³-hybridized carbons (Fsp3) is 0.333. The quantitative estimate of drug-likeness (QED) is 0.793. The Morgan fingerprint density at radius 1 is 1.18 bits per heavy atom. The molecule has 0 saturated heterocycles. The van der Waals surface area contributed by atoms with Crippen molar-refractivity contribution in [3.63, 3.8) is 0 Å². The number of benzene rings is 1. The van der Waals surface area contributed by atoms with Crippen LogP contribution in [0.15, 0.2) is 29.2 Å². The topological polar surface area (TPSA) is 97.7 Å². The SMILES string of the molecule is Cc1ccccc1S(=O)(=O)CCOS(=O)(=O)O. The normalized spacial score (nSPS) is 12.6. The molecule has 0 aliphatic rings. The van der Waals surface area contributed by atoms with Gasteiger partial charge in [0.2, 0.25) is 0 Å². The Kier molecular flexibility index (Phi) is 4.26. The van der Waals surface area contributed by atoms with Crippen molar-refractivity contribution in [1.29, 1.82) is 0 Å². The molecule has 0 aliphatic carbocycles. The van der Waals surface area contributed by atoms with E-state index in [1.165, 1.54) is 6.07 Å². The smallest absolute Gasteiger partial charge is 0.264 e. The molecule has 0 heterocycles. The van der Waals surface area contributed by atoms with Crippen LogP contribution < -0.4 is 0 Å². The molecule has 0 bridgehead atoms. The maximum atomic E-state index is 11.8. The second kappa shape index (κ2) is 5.13. The Morgan fingerprint density at radius 3 is 2.29 bits per heavy atom. The van der Waals surface area contributed by atoms with Gasteiger partial charge in [0.15, 0.2) is 9.84 Å². The van der Waals surface area contributed by atoms with Gasteiger partial charge in [-0.3, -0.25) is 4.55 Å². The van der Waals surface area contributed by atoms with E-state index in [9.17, 15) is 16.8 Å². The van der Waals surface area contributed by atoms with Crippen molar-refractivity contribution in [3.05, 3.63) is 29.8 Å². The Balaban J connectivity index is 2.81. The minimum absolute atomic E-state index is 0.124. The lowest BCUT2D eigenvalue weighted by atomic mass is 10.2. The maximum Gasteiger partial charge on any atom is 0.397 e. The van der Waals surface area contributed by atoms with Crippen molar-refractivity contribution in [2.45, 2.75) is 11.8 Å². The molecule has 6 nitrogen and oxygen atoms in total. The first-order chi connectivity index (χ1) is 7.72. The van der Waals surface area contributed by atoms with Crippen LogP contribution in [0.3, 0.4) is 0 Å². The first-order valence-electron chi connectivity index (χ1n) is 4.62. The summed E-state index contributed by atoms with van der Waals surface area (Å²) in [6.07, 6.45) is 0. The van der Waals surface area contributed by atoms with E-state index in [0.717, 1.165) is 0 Å². The molecule has 0 unspecified atom stereocenters. The van der Waals surface area contributed by atoms with Gasteiger partial charge in [0, 0.05) is 0 Å². The van der Waals surface area contributed by atoms with Gasteiger partial charge < -0.3 is 0 Å². The molecule has 1 rings (SSSR count). The zero-order valence-electron chi connectivity index (χ0n) is 9.03. The molecule has 1 aromatic carbocycles. The van der Waals surface area contributed by atoms with Gasteiger partial charge in [-0.15, -0.1) is 0 Å². The molecule has 0 saturated carbocycles. The fourth-order valence-corrected chi connectivity index (χ4v) is 3.03. The Bertz CT molecular complexity index is 588. The number of hydrogen-bond donors (Lipinski definition) is 1. The highest BCUT2D eigenvalue weighted by atomic mass is 32.3. The van der Waals surface area contributed by atoms with Crippen molar-refractivity contribution in [2.24, 2.45) is 0 Å². The molecule has 0 atom stereocenters. The van der Waals surface area contributed by atoms with E-state index < -0.39 is 32.6 Å². The summed E-state index contributed by atoms with van der Waals surface area (Å²) in [5, 5.41) is 0. The molecular weight excluding hydrogens is 268 g/mol. The Morgan fingerprint density at radius 2 is 1.76 bits per heavy atom. The van der Waals surface area contributed by atoms with Crippen LogP contribution in [0.25, 0.3) is 0 Å². The molecule has 17 heavy (non-hydrogen) atoms. The van der Waals surface area contributed by atoms with Gasteiger partial charge in [-0.2, -0.15) is 8.42 Å². The van der Waals surface area contributed by atoms with E-state index in [2.05, 4.69) is 4.18 Å². The van der Waals surface area contributed by atoms with E-state index >= 15 is 0 Å². The summed E-state index contributed by atoms with van der Waals surface area (Å²) in [4.78, 5) is 0.124. The van der Waals surface area contributed by atoms with Gasteiger partial charge in [-0.1, -0.05) is 18.2 Å². The molecule has 0 amide bonds. The zero-order valence-corrected chi connectivity index (χ0v) is 10.7. The third-order valence-corrected chi connectivity index (χ3v) is 4.31. The van der Waals surface area contributed by atoms with Crippen molar-refractivity contribution in [1.82, 2.24) is 0 Å². The van der Waals surface area contributed by atoms with Gasteiger partial charge in [-0.25, -0.2) is 12.6 Å². The van der Waals surface area contributed by atoms with E-state index in [4.69, 9.17) is 4.55 Å². The Labute approximate surface area is 100 Å². The summed E-state index contributed by atoms with van der Waals surface area (Å²) < 4.78 is 56.4. The van der Waals surface area contributed by atoms with Gasteiger partial charge in [0.25, 0.3) is 0 Å². The first-order valence-corrected chi connectivity index (χ1v) is 7.64. The van der Waals surface area contributed by atoms with E-state index in [0.29, 0.717) is 5.56 Å². The second-order valence-electron chi connectivity index (χ2n) is 3.33. The largest absolute Gasteiger partial charge is 0.397 e. The zero-order chi connectivity index (χ0) is 13.1. The minimum Gasteiger partial charge on any atom is -0.264 e. The standard InChI is InChI=1S/C9H12O6S2/c1-8-4-2-3-5-9(8)16(10,11)7-6-15-17(12,13)14/h2-5H,6-7H2,1H3,(H,12,13,14). The molecule has 96 valence electrons. The molecule has 1 N–H and O–H groups in total. The molecule has 0 radical (unpaired) electrons. The average Bonchev–Trinajstić information content (AvgIpc) is 2.15. The molecule has 0 aliphatic heterocycles. The summed E-state index contributed by atoms with van der Waals surface area (Å²) in [5.41, 5.74) is 0.569. The molecule has 0 aromatic heterocycles. The number of hydrogen-bond acceptors (Lipinski definition) is 5. The van der Waals surface area contributed by atoms with Crippen LogP contribution >= 0.6 is 0 Å². The van der Waals surface area contributed by atoms with Crippen LogP contribution in [0, 0.1) is 6.92 Å². The van der Waals surface area contributed by atoms with Crippen LogP contribution in [0.2, 0.25) is 0 Å². The van der Waals surface area contributed by atoms with Crippen LogP contribution in [0.5, 0.6) is 0 Å². The molecule has 0 fully saturated rings. The average molecular weight is 280 g/mol. The molecule has 0 spiro atoms. The number of aryl methyl sites for hydroxylation is 1. The maximum absolute atomic E-state index is 11.8. The summed E-state index contributed by atoms with van der Waals surface area (Å²) in [7, 11) is -8.22. The van der Waals surface area contributed by atoms with Gasteiger partial charge in [0.05, 0.1) is 17.3 Å². The lowest BCUT2D eigenvalue weighted by molar-refractivity contribution is 0.284. The van der Waals surface area contributed by atoms with Crippen molar-refractivity contribution in [2.75, 3.05) is 12.4 Å². The van der Waals surface area contributed by atoms with Gasteiger partial charge in [0.1, 0.15) is 0 Å². The predicted octanol–water partition coefficient (Wildman–Crippen LogP) is 0.588. The number of sulfone groups is 1. The summed E-state index contributed by atoms with van der Waals surface area (Å²) in [6, 6.07) is 6.33. The summed E-state index contributed by atoms with van der Waals surface area (Å²) in [5.74, 6) is -0.516. The van der Waals surface area contributed by atoms with Gasteiger partial charge >= 0.3 is 10.4 Å². The fourth-order valence-electron chi connectivity index (χ4n) is 1.26. The monoisotopic (exact) mass is 280 g/mol. The number of rotatable bonds is 5. The Hall–Kier alpha value is -0.960. The lowest BCUT2D eigenvalue weighted by Crippen LogP contribution is -2.16. The third kappa shape index (κ3) is 4.43. The van der Waals surface area contributed by atoms with Crippen LogP contribution in [0.4, 0.5) is 0 Å². The first kappa shape index (κ1) is 14.1. The van der Waals surface area contributed by atoms with Crippen LogP contribution in [0.1, 0.15) is 5.56 Å². The molecule has 8 heteroatoms. The second-order valence-corrected chi connectivity index (χ2v) is 6.50. The van der Waals surface area contributed by atoms with E-state index in [1.807, 2.05) is 0 Å². The highest BCUT2D eigenvalue weighted by Crippen LogP contribution is 2.15. The predicted molar refractivity (Wildman–Crippen MR) is 60.7 cm³/mol. The van der Waals surface area contributed by atoms with Crippen molar-refractivity contribution >= 4 is 20.2 Å². The molecular formula is C9H12O6S2.